The predicted molar refractivity (Wildman–Crippen MR) is 55.1 cm³/mol. The Bertz CT molecular complexity index is 382. The van der Waals surface area contributed by atoms with Gasteiger partial charge in [0.1, 0.15) is 5.38 Å². The number of carbonyl (C=O) groups is 1. The molecule has 0 aliphatic heterocycles. The van der Waals surface area contributed by atoms with Crippen LogP contribution in [0.15, 0.2) is 24.3 Å². The second-order valence-electron chi connectivity index (χ2n) is 2.80. The van der Waals surface area contributed by atoms with Crippen LogP contribution in [-0.2, 0) is 4.79 Å². The maximum atomic E-state index is 11.2. The first kappa shape index (κ1) is 10.6. The normalized spacial score (nSPS) is 11.5. The van der Waals surface area contributed by atoms with Crippen LogP contribution in [0.1, 0.15) is 12.5 Å². The number of halogens is 1. The summed E-state index contributed by atoms with van der Waals surface area (Å²) in [5.74, 6) is -0.276. The Morgan fingerprint density at radius 1 is 1.64 bits per heavy atom. The van der Waals surface area contributed by atoms with E-state index in [0.29, 0.717) is 11.3 Å². The van der Waals surface area contributed by atoms with E-state index in [1.54, 1.807) is 31.2 Å². The van der Waals surface area contributed by atoms with Gasteiger partial charge < -0.3 is 5.32 Å². The number of nitrogens with zero attached hydrogens (tertiary/aromatic N) is 1. The van der Waals surface area contributed by atoms with E-state index >= 15 is 0 Å². The molecular weight excluding hydrogens is 200 g/mol. The third-order valence-corrected chi connectivity index (χ3v) is 1.82. The standard InChI is InChI=1S/C10H9ClN2O/c1-7(11)10(14)13-9-4-2-3-8(5-9)6-12/h2-5,7H,1H3,(H,13,14)/t7-/m0/s1. The molecule has 0 heterocycles. The highest BCUT2D eigenvalue weighted by Gasteiger charge is 2.08. The molecule has 3 nitrogen and oxygen atoms in total. The van der Waals surface area contributed by atoms with Gasteiger partial charge in [-0.2, -0.15) is 5.26 Å². The van der Waals surface area contributed by atoms with E-state index in [4.69, 9.17) is 16.9 Å². The fraction of sp³-hybridized carbons (Fsp3) is 0.200. The monoisotopic (exact) mass is 208 g/mol. The number of rotatable bonds is 2. The molecule has 0 saturated carbocycles. The average molecular weight is 209 g/mol. The van der Waals surface area contributed by atoms with E-state index in [0.717, 1.165) is 0 Å². The molecule has 0 aliphatic rings. The van der Waals surface area contributed by atoms with E-state index in [1.807, 2.05) is 6.07 Å². The highest BCUT2D eigenvalue weighted by atomic mass is 35.5. The number of carbonyl (C=O) groups excluding carboxylic acids is 1. The topological polar surface area (TPSA) is 52.9 Å². The lowest BCUT2D eigenvalue weighted by Gasteiger charge is -2.05. The highest BCUT2D eigenvalue weighted by Crippen LogP contribution is 2.10. The lowest BCUT2D eigenvalue weighted by molar-refractivity contribution is -0.115. The van der Waals surface area contributed by atoms with Crippen molar-refractivity contribution in [1.82, 2.24) is 0 Å². The fourth-order valence-corrected chi connectivity index (χ4v) is 0.963. The summed E-state index contributed by atoms with van der Waals surface area (Å²) in [6.07, 6.45) is 0. The van der Waals surface area contributed by atoms with Gasteiger partial charge in [-0.1, -0.05) is 6.07 Å². The van der Waals surface area contributed by atoms with Crippen molar-refractivity contribution in [3.05, 3.63) is 29.8 Å². The molecule has 1 atom stereocenters. The van der Waals surface area contributed by atoms with Gasteiger partial charge in [0, 0.05) is 5.69 Å². The summed E-state index contributed by atoms with van der Waals surface area (Å²) < 4.78 is 0. The number of nitriles is 1. The molecule has 0 aliphatic carbocycles. The van der Waals surface area contributed by atoms with Crippen LogP contribution in [0.4, 0.5) is 5.69 Å². The molecule has 1 amide bonds. The molecule has 0 radical (unpaired) electrons. The van der Waals surface area contributed by atoms with Crippen molar-refractivity contribution in [3.63, 3.8) is 0 Å². The zero-order valence-corrected chi connectivity index (χ0v) is 8.38. The molecular formula is C10H9ClN2O. The second-order valence-corrected chi connectivity index (χ2v) is 3.45. The van der Waals surface area contributed by atoms with Gasteiger partial charge in [-0.3, -0.25) is 4.79 Å². The molecule has 72 valence electrons. The van der Waals surface area contributed by atoms with E-state index in [-0.39, 0.29) is 5.91 Å². The van der Waals surface area contributed by atoms with Gasteiger partial charge in [0.25, 0.3) is 0 Å². The van der Waals surface area contributed by atoms with Crippen molar-refractivity contribution in [2.75, 3.05) is 5.32 Å². The van der Waals surface area contributed by atoms with Crippen molar-refractivity contribution in [2.45, 2.75) is 12.3 Å². The SMILES string of the molecule is C[C@H](Cl)C(=O)Nc1cccc(C#N)c1. The lowest BCUT2D eigenvalue weighted by Crippen LogP contribution is -2.20. The summed E-state index contributed by atoms with van der Waals surface area (Å²) in [6.45, 7) is 1.59. The number of amides is 1. The molecule has 0 fully saturated rings. The first-order chi connectivity index (χ1) is 6.63. The number of alkyl halides is 1. The van der Waals surface area contributed by atoms with E-state index in [2.05, 4.69) is 5.32 Å². The van der Waals surface area contributed by atoms with Crippen LogP contribution in [0.25, 0.3) is 0 Å². The number of nitrogens with one attached hydrogen (secondary N) is 1. The highest BCUT2D eigenvalue weighted by molar-refractivity contribution is 6.32. The molecule has 1 aromatic carbocycles. The summed E-state index contributed by atoms with van der Waals surface area (Å²) >= 11 is 5.57. The quantitative estimate of drug-likeness (QED) is 0.757. The van der Waals surface area contributed by atoms with Crippen LogP contribution < -0.4 is 5.32 Å². The predicted octanol–water partition coefficient (Wildman–Crippen LogP) is 2.12. The first-order valence-corrected chi connectivity index (χ1v) is 4.52. The molecule has 4 heteroatoms. The third kappa shape index (κ3) is 2.75. The zero-order chi connectivity index (χ0) is 10.6. The van der Waals surface area contributed by atoms with Crippen molar-refractivity contribution < 1.29 is 4.79 Å². The summed E-state index contributed by atoms with van der Waals surface area (Å²) in [7, 11) is 0. The average Bonchev–Trinajstić information content (AvgIpc) is 2.18. The fourth-order valence-electron chi connectivity index (χ4n) is 0.908. The number of benzene rings is 1. The summed E-state index contributed by atoms with van der Waals surface area (Å²) in [5.41, 5.74) is 1.09. The smallest absolute Gasteiger partial charge is 0.242 e. The Morgan fingerprint density at radius 3 is 2.93 bits per heavy atom. The largest absolute Gasteiger partial charge is 0.325 e. The minimum Gasteiger partial charge on any atom is -0.325 e. The van der Waals surface area contributed by atoms with Crippen LogP contribution in [0, 0.1) is 11.3 Å². The number of anilines is 1. The zero-order valence-electron chi connectivity index (χ0n) is 7.62. The van der Waals surface area contributed by atoms with Crippen molar-refractivity contribution in [1.29, 1.82) is 5.26 Å². The lowest BCUT2D eigenvalue weighted by atomic mass is 10.2. The van der Waals surface area contributed by atoms with Crippen LogP contribution in [-0.4, -0.2) is 11.3 Å². The molecule has 1 aromatic rings. The molecule has 0 saturated heterocycles. The molecule has 0 spiro atoms. The summed E-state index contributed by atoms with van der Waals surface area (Å²) in [6, 6.07) is 8.65. The second kappa shape index (κ2) is 4.64. The maximum Gasteiger partial charge on any atom is 0.242 e. The van der Waals surface area contributed by atoms with Gasteiger partial charge >= 0.3 is 0 Å². The van der Waals surface area contributed by atoms with Gasteiger partial charge in [-0.05, 0) is 25.1 Å². The minimum absolute atomic E-state index is 0.276. The molecule has 0 unspecified atom stereocenters. The Hall–Kier alpha value is -1.53. The van der Waals surface area contributed by atoms with Gasteiger partial charge in [0.2, 0.25) is 5.91 Å². The third-order valence-electron chi connectivity index (χ3n) is 1.62. The van der Waals surface area contributed by atoms with Crippen LogP contribution in [0.5, 0.6) is 0 Å². The summed E-state index contributed by atoms with van der Waals surface area (Å²) in [5, 5.41) is 10.6. The van der Waals surface area contributed by atoms with E-state index in [9.17, 15) is 4.79 Å². The van der Waals surface area contributed by atoms with E-state index < -0.39 is 5.38 Å². The Kier molecular flexibility index (Phi) is 3.49. The first-order valence-electron chi connectivity index (χ1n) is 4.08. The number of hydrogen-bond acceptors (Lipinski definition) is 2. The van der Waals surface area contributed by atoms with Gasteiger partial charge in [0.15, 0.2) is 0 Å². The van der Waals surface area contributed by atoms with Crippen molar-refractivity contribution in [2.24, 2.45) is 0 Å². The Morgan fingerprint density at radius 2 is 2.36 bits per heavy atom. The van der Waals surface area contributed by atoms with Crippen LogP contribution in [0.3, 0.4) is 0 Å². The molecule has 0 bridgehead atoms. The van der Waals surface area contributed by atoms with Gasteiger partial charge in [0.05, 0.1) is 11.6 Å². The molecule has 0 aromatic heterocycles. The van der Waals surface area contributed by atoms with Crippen molar-refractivity contribution >= 4 is 23.2 Å². The van der Waals surface area contributed by atoms with Gasteiger partial charge in [-0.15, -0.1) is 11.6 Å². The Labute approximate surface area is 87.3 Å². The van der Waals surface area contributed by atoms with Gasteiger partial charge in [-0.25, -0.2) is 0 Å². The van der Waals surface area contributed by atoms with Crippen molar-refractivity contribution in [3.8, 4) is 6.07 Å². The van der Waals surface area contributed by atoms with E-state index in [1.165, 1.54) is 0 Å². The minimum atomic E-state index is -0.583. The number of hydrogen-bond donors (Lipinski definition) is 1. The Balaban J connectivity index is 2.78. The molecule has 1 N–H and O–H groups in total. The molecule has 1 rings (SSSR count). The summed E-state index contributed by atoms with van der Waals surface area (Å²) in [4.78, 5) is 11.2. The molecule has 14 heavy (non-hydrogen) atoms. The van der Waals surface area contributed by atoms with Crippen LogP contribution >= 0.6 is 11.6 Å². The van der Waals surface area contributed by atoms with Crippen LogP contribution in [0.2, 0.25) is 0 Å². The maximum absolute atomic E-state index is 11.2.